The number of anilines is 1. The Kier molecular flexibility index (Phi) is 6.55. The molecule has 1 saturated heterocycles. The third kappa shape index (κ3) is 4.88. The number of hydrogen-bond acceptors (Lipinski definition) is 7. The highest BCUT2D eigenvalue weighted by Gasteiger charge is 2.35. The number of nitro groups is 1. The number of amides is 2. The minimum absolute atomic E-state index is 0.101. The van der Waals surface area contributed by atoms with Crippen LogP contribution in [0.1, 0.15) is 5.56 Å². The van der Waals surface area contributed by atoms with Crippen LogP contribution in [0.4, 0.5) is 11.4 Å². The fourth-order valence-corrected chi connectivity index (χ4v) is 3.77. The third-order valence-electron chi connectivity index (χ3n) is 4.60. The summed E-state index contributed by atoms with van der Waals surface area (Å²) in [5.41, 5.74) is 0.521. The maximum absolute atomic E-state index is 13.1. The molecule has 34 heavy (non-hydrogen) atoms. The zero-order valence-electron chi connectivity index (χ0n) is 16.9. The maximum atomic E-state index is 13.1. The van der Waals surface area contributed by atoms with Crippen LogP contribution in [0.2, 0.25) is 10.0 Å². The fourth-order valence-electron chi connectivity index (χ4n) is 3.00. The maximum Gasteiger partial charge on any atom is 0.287 e. The van der Waals surface area contributed by atoms with E-state index in [1.165, 1.54) is 30.3 Å². The Balaban J connectivity index is 1.56. The summed E-state index contributed by atoms with van der Waals surface area (Å²) in [6.45, 7) is 0. The molecule has 0 saturated carbocycles. The lowest BCUT2D eigenvalue weighted by Gasteiger charge is -2.29. The van der Waals surface area contributed by atoms with E-state index in [9.17, 15) is 19.7 Å². The van der Waals surface area contributed by atoms with Gasteiger partial charge in [-0.15, -0.1) is 0 Å². The standard InChI is InChI=1S/C22H12Cl2N4O5S/c23-13-3-7-18(17(24)10-13)27-21(30)16(20(29)26-22(27)34)9-12-1-5-15(6-2-12)33-19-8-4-14(11-25-19)28(31)32/h1-11H,(H,26,29,34)/b16-9+. The van der Waals surface area contributed by atoms with Gasteiger partial charge < -0.3 is 4.74 Å². The molecule has 0 bridgehead atoms. The van der Waals surface area contributed by atoms with Crippen molar-refractivity contribution in [2.75, 3.05) is 4.90 Å². The molecule has 4 rings (SSSR count). The molecular formula is C22H12Cl2N4O5S. The van der Waals surface area contributed by atoms with Crippen LogP contribution in [0.15, 0.2) is 66.4 Å². The van der Waals surface area contributed by atoms with Gasteiger partial charge in [0.05, 0.1) is 15.6 Å². The van der Waals surface area contributed by atoms with Gasteiger partial charge in [0.15, 0.2) is 5.11 Å². The van der Waals surface area contributed by atoms with Gasteiger partial charge in [-0.1, -0.05) is 35.3 Å². The highest BCUT2D eigenvalue weighted by molar-refractivity contribution is 7.80. The Morgan fingerprint density at radius 1 is 1.09 bits per heavy atom. The van der Waals surface area contributed by atoms with E-state index < -0.39 is 16.7 Å². The van der Waals surface area contributed by atoms with Crippen LogP contribution in [0.3, 0.4) is 0 Å². The van der Waals surface area contributed by atoms with Crippen LogP contribution in [-0.2, 0) is 9.59 Å². The first-order valence-corrected chi connectivity index (χ1v) is 10.6. The molecule has 0 radical (unpaired) electrons. The van der Waals surface area contributed by atoms with E-state index >= 15 is 0 Å². The van der Waals surface area contributed by atoms with Crippen molar-refractivity contribution in [1.29, 1.82) is 0 Å². The van der Waals surface area contributed by atoms with Crippen LogP contribution < -0.4 is 15.0 Å². The normalized spacial score (nSPS) is 14.8. The Labute approximate surface area is 207 Å². The summed E-state index contributed by atoms with van der Waals surface area (Å²) >= 11 is 17.3. The van der Waals surface area contributed by atoms with Gasteiger partial charge in [-0.25, -0.2) is 4.98 Å². The summed E-state index contributed by atoms with van der Waals surface area (Å²) < 4.78 is 5.56. The van der Waals surface area contributed by atoms with Crippen molar-refractivity contribution in [2.24, 2.45) is 0 Å². The summed E-state index contributed by atoms with van der Waals surface area (Å²) in [5, 5.41) is 13.7. The second-order valence-electron chi connectivity index (χ2n) is 6.84. The smallest absolute Gasteiger partial charge is 0.287 e. The molecule has 1 aliphatic heterocycles. The van der Waals surface area contributed by atoms with E-state index in [1.807, 2.05) is 0 Å². The number of nitrogens with zero attached hydrogens (tertiary/aromatic N) is 3. The minimum Gasteiger partial charge on any atom is -0.439 e. The average Bonchev–Trinajstić information content (AvgIpc) is 2.79. The molecule has 0 unspecified atom stereocenters. The van der Waals surface area contributed by atoms with Crippen molar-refractivity contribution in [3.8, 4) is 11.6 Å². The number of pyridine rings is 1. The van der Waals surface area contributed by atoms with E-state index in [-0.39, 0.29) is 33.0 Å². The molecule has 0 atom stereocenters. The van der Waals surface area contributed by atoms with Crippen molar-refractivity contribution < 1.29 is 19.2 Å². The van der Waals surface area contributed by atoms with Gasteiger partial charge in [-0.2, -0.15) is 0 Å². The molecule has 1 aliphatic rings. The number of halogens is 2. The molecule has 9 nitrogen and oxygen atoms in total. The number of hydrogen-bond donors (Lipinski definition) is 1. The number of benzene rings is 2. The molecule has 2 heterocycles. The van der Waals surface area contributed by atoms with Gasteiger partial charge >= 0.3 is 0 Å². The van der Waals surface area contributed by atoms with E-state index in [2.05, 4.69) is 10.3 Å². The molecule has 12 heteroatoms. The Morgan fingerprint density at radius 3 is 2.44 bits per heavy atom. The van der Waals surface area contributed by atoms with Gasteiger partial charge in [0.2, 0.25) is 5.88 Å². The topological polar surface area (TPSA) is 115 Å². The number of carbonyl (C=O) groups is 2. The largest absolute Gasteiger partial charge is 0.439 e. The van der Waals surface area contributed by atoms with E-state index in [0.29, 0.717) is 16.3 Å². The van der Waals surface area contributed by atoms with Crippen LogP contribution in [-0.4, -0.2) is 26.8 Å². The van der Waals surface area contributed by atoms with E-state index in [4.69, 9.17) is 40.2 Å². The fraction of sp³-hybridized carbons (Fsp3) is 0. The van der Waals surface area contributed by atoms with Gasteiger partial charge in [0.25, 0.3) is 17.5 Å². The quantitative estimate of drug-likeness (QED) is 0.169. The molecule has 1 aromatic heterocycles. The van der Waals surface area contributed by atoms with Crippen LogP contribution in [0, 0.1) is 10.1 Å². The number of thiocarbonyl (C=S) groups is 1. The lowest BCUT2D eigenvalue weighted by Crippen LogP contribution is -2.54. The number of aromatic nitrogens is 1. The van der Waals surface area contributed by atoms with Crippen molar-refractivity contribution >= 4 is 69.8 Å². The van der Waals surface area contributed by atoms with Crippen molar-refractivity contribution in [1.82, 2.24) is 10.3 Å². The SMILES string of the molecule is O=C1NC(=S)N(c2ccc(Cl)cc2Cl)C(=O)/C1=C/c1ccc(Oc2ccc([N+](=O)[O-])cn2)cc1. The summed E-state index contributed by atoms with van der Waals surface area (Å²) in [6, 6.07) is 13.6. The molecule has 2 aromatic carbocycles. The second-order valence-corrected chi connectivity index (χ2v) is 8.07. The lowest BCUT2D eigenvalue weighted by atomic mass is 10.1. The molecule has 0 spiro atoms. The predicted octanol–water partition coefficient (Wildman–Crippen LogP) is 4.92. The third-order valence-corrected chi connectivity index (χ3v) is 5.42. The number of rotatable bonds is 5. The molecule has 1 N–H and O–H groups in total. The zero-order valence-corrected chi connectivity index (χ0v) is 19.2. The summed E-state index contributed by atoms with van der Waals surface area (Å²) in [6.07, 6.45) is 2.49. The summed E-state index contributed by atoms with van der Waals surface area (Å²) in [4.78, 5) is 40.7. The van der Waals surface area contributed by atoms with Crippen molar-refractivity contribution in [2.45, 2.75) is 0 Å². The van der Waals surface area contributed by atoms with Crippen molar-refractivity contribution in [3.05, 3.63) is 92.1 Å². The van der Waals surface area contributed by atoms with Gasteiger partial charge in [-0.05, 0) is 54.2 Å². The van der Waals surface area contributed by atoms with E-state index in [0.717, 1.165) is 11.1 Å². The Morgan fingerprint density at radius 2 is 1.82 bits per heavy atom. The number of nitrogens with one attached hydrogen (secondary N) is 1. The molecule has 0 aliphatic carbocycles. The zero-order chi connectivity index (χ0) is 24.4. The van der Waals surface area contributed by atoms with Crippen LogP contribution in [0.25, 0.3) is 6.08 Å². The number of carbonyl (C=O) groups excluding carboxylic acids is 2. The molecule has 170 valence electrons. The van der Waals surface area contributed by atoms with Crippen LogP contribution >= 0.6 is 35.4 Å². The molecule has 1 fully saturated rings. The Hall–Kier alpha value is -3.86. The highest BCUT2D eigenvalue weighted by Crippen LogP contribution is 2.31. The van der Waals surface area contributed by atoms with Crippen molar-refractivity contribution in [3.63, 3.8) is 0 Å². The average molecular weight is 515 g/mol. The van der Waals surface area contributed by atoms with Gasteiger partial charge in [-0.3, -0.25) is 29.9 Å². The van der Waals surface area contributed by atoms with E-state index in [1.54, 1.807) is 30.3 Å². The summed E-state index contributed by atoms with van der Waals surface area (Å²) in [5.74, 6) is -0.721. The predicted molar refractivity (Wildman–Crippen MR) is 130 cm³/mol. The lowest BCUT2D eigenvalue weighted by molar-refractivity contribution is -0.385. The monoisotopic (exact) mass is 514 g/mol. The molecule has 2 amide bonds. The number of ether oxygens (including phenoxy) is 1. The Bertz CT molecular complexity index is 1360. The molecule has 3 aromatic rings. The van der Waals surface area contributed by atoms with Crippen LogP contribution in [0.5, 0.6) is 11.6 Å². The second kappa shape index (κ2) is 9.56. The first-order valence-electron chi connectivity index (χ1n) is 9.48. The van der Waals surface area contributed by atoms with Gasteiger partial charge in [0.1, 0.15) is 17.5 Å². The highest BCUT2D eigenvalue weighted by atomic mass is 35.5. The minimum atomic E-state index is -0.647. The molecular weight excluding hydrogens is 503 g/mol. The first kappa shape index (κ1) is 23.3. The first-order chi connectivity index (χ1) is 16.2. The summed E-state index contributed by atoms with van der Waals surface area (Å²) in [7, 11) is 0. The van der Waals surface area contributed by atoms with Gasteiger partial charge in [0, 0.05) is 17.2 Å².